The molecule has 0 saturated carbocycles. The van der Waals surface area contributed by atoms with Crippen LogP contribution in [0.4, 0.5) is 49.1 Å². The first-order chi connectivity index (χ1) is 38.8. The summed E-state index contributed by atoms with van der Waals surface area (Å²) < 4.78 is 94.0. The summed E-state index contributed by atoms with van der Waals surface area (Å²) in [6.45, 7) is 14.3. The first-order valence-corrected chi connectivity index (χ1v) is 27.3. The smallest absolute Gasteiger partial charge is 0.329 e. The SMILES string of the molecule is Cc1cc(C)cc(-c2ccc(N(C3=C4C=CC5=C6C(=CC=C(C=C3)C46)C(N(c3ccc(-c4cc(C)cc(C)c4)cc3-c3cccc(C)c3)c3ccccc3C(F)(F)F)C=C5)c3ccccc3C(F)(F)F)c(-c3cc(C)cc(C)c3)c2)c1. The van der Waals surface area contributed by atoms with Gasteiger partial charge in [0, 0.05) is 22.7 Å². The van der Waals surface area contributed by atoms with Crippen LogP contribution in [-0.4, -0.2) is 6.04 Å². The lowest BCUT2D eigenvalue weighted by atomic mass is 9.67. The van der Waals surface area contributed by atoms with Gasteiger partial charge in [-0.15, -0.1) is 0 Å². The molecule has 0 aromatic heterocycles. The molecule has 0 spiro atoms. The van der Waals surface area contributed by atoms with Gasteiger partial charge in [0.1, 0.15) is 0 Å². The Morgan fingerprint density at radius 3 is 1.48 bits per heavy atom. The molecule has 8 heteroatoms. The van der Waals surface area contributed by atoms with Crippen molar-refractivity contribution in [1.29, 1.82) is 0 Å². The van der Waals surface area contributed by atoms with Gasteiger partial charge < -0.3 is 9.80 Å². The fraction of sp³-hybridized carbons (Fsp3) is 0.151. The Morgan fingerprint density at radius 1 is 0.383 bits per heavy atom. The standard InChI is InChI=1S/C73H58F6N2/c1-43-13-12-14-54(34-43)60-41-52(55-35-44(2)31-45(3)36-55)23-29-66(60)80(68-17-10-8-15-62(68)72(74,75)76)64-27-21-50-20-26-59-65(28-22-51-19-25-58(64)70(50)71(51)59)81(69-18-11-9-16-63(69)73(77,78)79)67-30-24-53(56-37-46(4)32-47(5)38-56)42-61(67)57-39-48(6)33-49(7)40-57/h8-42,64,71H,1-7H3. The van der Waals surface area contributed by atoms with E-state index in [9.17, 15) is 0 Å². The number of benzene rings is 8. The van der Waals surface area contributed by atoms with Crippen LogP contribution >= 0.6 is 0 Å². The third kappa shape index (κ3) is 9.91. The zero-order valence-corrected chi connectivity index (χ0v) is 46.0. The van der Waals surface area contributed by atoms with Crippen LogP contribution in [0.3, 0.4) is 0 Å². The van der Waals surface area contributed by atoms with Crippen molar-refractivity contribution in [3.05, 3.63) is 296 Å². The van der Waals surface area contributed by atoms with Gasteiger partial charge in [-0.2, -0.15) is 26.3 Å². The van der Waals surface area contributed by atoms with E-state index in [1.807, 2.05) is 117 Å². The Bertz CT molecular complexity index is 4070. The van der Waals surface area contributed by atoms with Crippen LogP contribution in [-0.2, 0) is 12.4 Å². The van der Waals surface area contributed by atoms with E-state index in [1.165, 1.54) is 18.2 Å². The van der Waals surface area contributed by atoms with Gasteiger partial charge in [-0.3, -0.25) is 0 Å². The molecule has 0 bridgehead atoms. The second-order valence-corrected chi connectivity index (χ2v) is 22.1. The quantitative estimate of drug-likeness (QED) is 0.126. The van der Waals surface area contributed by atoms with Crippen molar-refractivity contribution >= 4 is 22.7 Å². The predicted octanol–water partition coefficient (Wildman–Crippen LogP) is 20.6. The molecule has 402 valence electrons. The molecule has 2 unspecified atom stereocenters. The van der Waals surface area contributed by atoms with Gasteiger partial charge >= 0.3 is 12.4 Å². The molecule has 4 aliphatic carbocycles. The van der Waals surface area contributed by atoms with Crippen molar-refractivity contribution in [2.75, 3.05) is 9.80 Å². The highest BCUT2D eigenvalue weighted by atomic mass is 19.4. The van der Waals surface area contributed by atoms with Crippen LogP contribution in [0.1, 0.15) is 50.1 Å². The molecule has 0 saturated heterocycles. The molecule has 81 heavy (non-hydrogen) atoms. The Balaban J connectivity index is 1.07. The van der Waals surface area contributed by atoms with E-state index in [0.29, 0.717) is 17.1 Å². The van der Waals surface area contributed by atoms with Crippen molar-refractivity contribution in [3.8, 4) is 44.5 Å². The van der Waals surface area contributed by atoms with E-state index in [0.717, 1.165) is 123 Å². The lowest BCUT2D eigenvalue weighted by Crippen LogP contribution is -2.38. The number of nitrogens with zero attached hydrogens (tertiary/aromatic N) is 2. The number of rotatable bonds is 10. The zero-order valence-electron chi connectivity index (χ0n) is 46.0. The highest BCUT2D eigenvalue weighted by molar-refractivity contribution is 5.92. The van der Waals surface area contributed by atoms with E-state index in [4.69, 9.17) is 0 Å². The maximum absolute atomic E-state index is 15.7. The minimum atomic E-state index is -4.73. The number of hydrogen-bond acceptors (Lipinski definition) is 2. The molecule has 8 aromatic rings. The molecule has 8 aromatic carbocycles. The normalized spacial score (nSPS) is 16.4. The van der Waals surface area contributed by atoms with Gasteiger partial charge in [-0.1, -0.05) is 197 Å². The molecule has 0 N–H and O–H groups in total. The minimum absolute atomic E-state index is 0.0168. The third-order valence-electron chi connectivity index (χ3n) is 15.9. The number of para-hydroxylation sites is 2. The van der Waals surface area contributed by atoms with Crippen LogP contribution in [0.2, 0.25) is 0 Å². The van der Waals surface area contributed by atoms with Crippen LogP contribution in [0, 0.1) is 54.4 Å². The van der Waals surface area contributed by atoms with Crippen LogP contribution in [0.25, 0.3) is 44.5 Å². The average Bonchev–Trinajstić information content (AvgIpc) is 3.51. The van der Waals surface area contributed by atoms with Crippen LogP contribution in [0.15, 0.2) is 246 Å². The first-order valence-electron chi connectivity index (χ1n) is 27.3. The summed E-state index contributed by atoms with van der Waals surface area (Å²) in [4.78, 5) is 3.60. The second-order valence-electron chi connectivity index (χ2n) is 22.1. The van der Waals surface area contributed by atoms with Crippen molar-refractivity contribution < 1.29 is 26.3 Å². The van der Waals surface area contributed by atoms with Gasteiger partial charge in [0.05, 0.1) is 39.9 Å². The number of halogens is 6. The summed E-state index contributed by atoms with van der Waals surface area (Å²) >= 11 is 0. The molecule has 2 atom stereocenters. The summed E-state index contributed by atoms with van der Waals surface area (Å²) in [6, 6.07) is 49.8. The Morgan fingerprint density at radius 2 is 0.901 bits per heavy atom. The summed E-state index contributed by atoms with van der Waals surface area (Å²) in [6.07, 6.45) is 6.46. The largest absolute Gasteiger partial charge is 0.418 e. The molecule has 2 nitrogen and oxygen atoms in total. The summed E-state index contributed by atoms with van der Waals surface area (Å²) in [7, 11) is 0. The zero-order chi connectivity index (χ0) is 56.6. The van der Waals surface area contributed by atoms with Crippen molar-refractivity contribution in [2.45, 2.75) is 66.9 Å². The number of aryl methyl sites for hydroxylation is 7. The lowest BCUT2D eigenvalue weighted by molar-refractivity contribution is -0.137. The summed E-state index contributed by atoms with van der Waals surface area (Å²) in [5, 5.41) is 0. The fourth-order valence-electron chi connectivity index (χ4n) is 12.7. The number of hydrogen-bond donors (Lipinski definition) is 0. The Labute approximate surface area is 470 Å². The number of allylic oxidation sites excluding steroid dienone is 10. The highest BCUT2D eigenvalue weighted by Crippen LogP contribution is 2.55. The second kappa shape index (κ2) is 20.3. The Hall–Kier alpha value is -8.88. The van der Waals surface area contributed by atoms with Crippen molar-refractivity contribution in [1.82, 2.24) is 0 Å². The highest BCUT2D eigenvalue weighted by Gasteiger charge is 2.44. The predicted molar refractivity (Wildman–Crippen MR) is 320 cm³/mol. The summed E-state index contributed by atoms with van der Waals surface area (Å²) in [5.41, 5.74) is 18.6. The first kappa shape index (κ1) is 52.8. The fourth-order valence-corrected chi connectivity index (χ4v) is 12.7. The average molecular weight is 1080 g/mol. The molecule has 4 aliphatic rings. The van der Waals surface area contributed by atoms with Gasteiger partial charge in [0.2, 0.25) is 0 Å². The third-order valence-corrected chi connectivity index (χ3v) is 15.9. The molecule has 0 amide bonds. The monoisotopic (exact) mass is 1080 g/mol. The molecule has 0 aliphatic heterocycles. The van der Waals surface area contributed by atoms with E-state index >= 15 is 26.3 Å². The topological polar surface area (TPSA) is 6.48 Å². The Kier molecular flexibility index (Phi) is 13.3. The number of alkyl halides is 6. The molecular weight excluding hydrogens is 1020 g/mol. The maximum Gasteiger partial charge on any atom is 0.418 e. The van der Waals surface area contributed by atoms with Crippen molar-refractivity contribution in [2.24, 2.45) is 5.92 Å². The molecule has 0 fully saturated rings. The summed E-state index contributed by atoms with van der Waals surface area (Å²) in [5.74, 6) is -0.500. The van der Waals surface area contributed by atoms with E-state index in [2.05, 4.69) is 100 Å². The van der Waals surface area contributed by atoms with E-state index < -0.39 is 35.4 Å². The van der Waals surface area contributed by atoms with Gasteiger partial charge in [-0.05, 0) is 164 Å². The molecular formula is C73H58F6N2. The molecule has 12 rings (SSSR count). The van der Waals surface area contributed by atoms with Gasteiger partial charge in [-0.25, -0.2) is 0 Å². The van der Waals surface area contributed by atoms with E-state index in [-0.39, 0.29) is 11.4 Å². The minimum Gasteiger partial charge on any atom is -0.329 e. The molecule has 0 heterocycles. The van der Waals surface area contributed by atoms with Crippen LogP contribution < -0.4 is 9.80 Å². The molecule has 0 radical (unpaired) electrons. The van der Waals surface area contributed by atoms with Crippen LogP contribution in [0.5, 0.6) is 0 Å². The lowest BCUT2D eigenvalue weighted by Gasteiger charge is -2.44. The van der Waals surface area contributed by atoms with Gasteiger partial charge in [0.25, 0.3) is 0 Å². The van der Waals surface area contributed by atoms with Gasteiger partial charge in [0.15, 0.2) is 0 Å². The maximum atomic E-state index is 15.7. The van der Waals surface area contributed by atoms with E-state index in [1.54, 1.807) is 23.1 Å². The van der Waals surface area contributed by atoms with Crippen molar-refractivity contribution in [3.63, 3.8) is 0 Å². The number of anilines is 4.